The first kappa shape index (κ1) is 29.8. The molecule has 0 fully saturated rings. The van der Waals surface area contributed by atoms with Crippen molar-refractivity contribution in [1.29, 1.82) is 0 Å². The van der Waals surface area contributed by atoms with Crippen LogP contribution >= 0.6 is 11.8 Å². The van der Waals surface area contributed by atoms with Crippen molar-refractivity contribution < 1.29 is 28.3 Å². The fraction of sp³-hybridized carbons (Fsp3) is 0.160. The molecule has 0 saturated heterocycles. The maximum Gasteiger partial charge on any atom is 0.490 e. The number of rotatable bonds is 6. The van der Waals surface area contributed by atoms with E-state index in [0.29, 0.717) is 0 Å². The predicted octanol–water partition coefficient (Wildman–Crippen LogP) is 6.14. The lowest BCUT2D eigenvalue weighted by molar-refractivity contribution is -0.192. The third-order valence-electron chi connectivity index (χ3n) is 5.28. The molecule has 0 aliphatic heterocycles. The molecule has 0 aliphatic carbocycles. The van der Waals surface area contributed by atoms with E-state index in [2.05, 4.69) is 56.4 Å². The molecule has 1 unspecified atom stereocenters. The molecular weight excluding hydrogens is 551 g/mol. The van der Waals surface area contributed by atoms with E-state index in [1.165, 1.54) is 10.2 Å². The standard InChI is InChI=1S/C23H20N6S.C2HF3O2.HNO2/c1-2-21(16-10-19(13-24-11-16)30-18-6-4-3-5-7-18)29-14-17(12-28-29)22-20-8-9-25-23(20)27-15-26-22;3-2(4,5)1(6)7;2-1-3/h3-15,21H,2H2,1H3,(H,25,26,27);(H,6,7);(H,2,3). The summed E-state index contributed by atoms with van der Waals surface area (Å²) in [6.45, 7) is 2.16. The quantitative estimate of drug-likeness (QED) is 0.160. The van der Waals surface area contributed by atoms with Crippen molar-refractivity contribution in [3.63, 3.8) is 0 Å². The van der Waals surface area contributed by atoms with Gasteiger partial charge in [0.2, 0.25) is 0 Å². The number of nitrogens with one attached hydrogen (secondary N) is 1. The van der Waals surface area contributed by atoms with E-state index in [-0.39, 0.29) is 6.04 Å². The number of H-pyrrole nitrogens is 1. The second-order valence-corrected chi connectivity index (χ2v) is 9.00. The summed E-state index contributed by atoms with van der Waals surface area (Å²) in [5, 5.41) is 20.7. The summed E-state index contributed by atoms with van der Waals surface area (Å²) in [5.74, 6) is -2.76. The Morgan fingerprint density at radius 1 is 1.12 bits per heavy atom. The van der Waals surface area contributed by atoms with Gasteiger partial charge in [-0.05, 0) is 36.2 Å². The highest BCUT2D eigenvalue weighted by Crippen LogP contribution is 2.31. The van der Waals surface area contributed by atoms with Gasteiger partial charge in [0, 0.05) is 45.5 Å². The number of carboxylic acid groups (broad SMARTS) is 1. The van der Waals surface area contributed by atoms with E-state index in [0.717, 1.165) is 39.2 Å². The number of carbonyl (C=O) groups is 1. The van der Waals surface area contributed by atoms with Gasteiger partial charge < -0.3 is 15.3 Å². The monoisotopic (exact) mass is 573 g/mol. The summed E-state index contributed by atoms with van der Waals surface area (Å²) in [6, 6.07) is 14.6. The van der Waals surface area contributed by atoms with Gasteiger partial charge in [0.1, 0.15) is 12.0 Å². The Balaban J connectivity index is 0.000000382. The molecule has 40 heavy (non-hydrogen) atoms. The normalized spacial score (nSPS) is 11.5. The van der Waals surface area contributed by atoms with Crippen LogP contribution in [0.1, 0.15) is 24.9 Å². The minimum absolute atomic E-state index is 0.103. The Labute approximate surface area is 229 Å². The third-order valence-corrected chi connectivity index (χ3v) is 6.24. The number of benzene rings is 1. The number of halogens is 3. The maximum atomic E-state index is 10.6. The Morgan fingerprint density at radius 3 is 2.48 bits per heavy atom. The van der Waals surface area contributed by atoms with Crippen LogP contribution in [0.25, 0.3) is 22.3 Å². The molecule has 4 heterocycles. The SMILES string of the molecule is CCC(c1cncc(Sc2ccccc2)c1)n1cc(-c2ncnc3[nH]ccc23)cn1.O=C(O)C(F)(F)F.O=NO. The molecule has 0 spiro atoms. The van der Waals surface area contributed by atoms with Gasteiger partial charge >= 0.3 is 12.1 Å². The molecular formula is C25H22F3N7O4S. The molecule has 208 valence electrons. The van der Waals surface area contributed by atoms with Crippen LogP contribution in [0.15, 0.2) is 94.9 Å². The summed E-state index contributed by atoms with van der Waals surface area (Å²) >= 11 is 1.72. The third kappa shape index (κ3) is 7.86. The molecule has 0 radical (unpaired) electrons. The highest BCUT2D eigenvalue weighted by Gasteiger charge is 2.38. The lowest BCUT2D eigenvalue weighted by Gasteiger charge is -2.16. The van der Waals surface area contributed by atoms with Crippen LogP contribution in [-0.4, -0.2) is 52.2 Å². The molecule has 5 aromatic rings. The van der Waals surface area contributed by atoms with E-state index in [9.17, 15) is 13.2 Å². The van der Waals surface area contributed by atoms with Gasteiger partial charge in [-0.25, -0.2) is 14.8 Å². The van der Waals surface area contributed by atoms with Crippen LogP contribution in [0.3, 0.4) is 0 Å². The zero-order chi connectivity index (χ0) is 29.1. The predicted molar refractivity (Wildman–Crippen MR) is 140 cm³/mol. The van der Waals surface area contributed by atoms with Crippen molar-refractivity contribution in [1.82, 2.24) is 29.7 Å². The molecule has 0 bridgehead atoms. The molecule has 0 aliphatic rings. The lowest BCUT2D eigenvalue weighted by Crippen LogP contribution is -2.21. The number of fused-ring (bicyclic) bond motifs is 1. The van der Waals surface area contributed by atoms with Gasteiger partial charge in [0.25, 0.3) is 0 Å². The van der Waals surface area contributed by atoms with Crippen molar-refractivity contribution in [2.75, 3.05) is 0 Å². The van der Waals surface area contributed by atoms with Crippen LogP contribution < -0.4 is 0 Å². The first-order valence-electron chi connectivity index (χ1n) is 11.4. The highest BCUT2D eigenvalue weighted by molar-refractivity contribution is 7.99. The van der Waals surface area contributed by atoms with Crippen LogP contribution in [0.2, 0.25) is 0 Å². The fourth-order valence-corrected chi connectivity index (χ4v) is 4.48. The Morgan fingerprint density at radius 2 is 1.82 bits per heavy atom. The van der Waals surface area contributed by atoms with Gasteiger partial charge in [0.15, 0.2) is 5.34 Å². The number of aliphatic carboxylic acids is 1. The molecule has 0 amide bonds. The number of hydrogen-bond donors (Lipinski definition) is 3. The van der Waals surface area contributed by atoms with Gasteiger partial charge in [-0.1, -0.05) is 36.9 Å². The molecule has 1 atom stereocenters. The van der Waals surface area contributed by atoms with E-state index < -0.39 is 12.1 Å². The van der Waals surface area contributed by atoms with E-state index in [1.54, 1.807) is 18.1 Å². The van der Waals surface area contributed by atoms with E-state index in [1.807, 2.05) is 53.7 Å². The topological polar surface area (TPSA) is 159 Å². The molecule has 4 aromatic heterocycles. The summed E-state index contributed by atoms with van der Waals surface area (Å²) < 4.78 is 33.7. The zero-order valence-electron chi connectivity index (χ0n) is 20.7. The van der Waals surface area contributed by atoms with Gasteiger partial charge in [-0.15, -0.1) is 4.91 Å². The minimum Gasteiger partial charge on any atom is -0.475 e. The molecule has 5 rings (SSSR count). The average Bonchev–Trinajstić information content (AvgIpc) is 3.61. The number of pyridine rings is 1. The lowest BCUT2D eigenvalue weighted by atomic mass is 10.1. The van der Waals surface area contributed by atoms with Crippen LogP contribution in [0.4, 0.5) is 13.2 Å². The fourth-order valence-electron chi connectivity index (χ4n) is 3.61. The van der Waals surface area contributed by atoms with Crippen molar-refractivity contribution >= 4 is 28.8 Å². The van der Waals surface area contributed by atoms with Crippen LogP contribution in [0, 0.1) is 4.91 Å². The van der Waals surface area contributed by atoms with Crippen LogP contribution in [-0.2, 0) is 4.79 Å². The summed E-state index contributed by atoms with van der Waals surface area (Å²) in [7, 11) is 0. The second kappa shape index (κ2) is 13.8. The summed E-state index contributed by atoms with van der Waals surface area (Å²) in [5.41, 5.74) is 3.83. The number of aromatic amines is 1. The van der Waals surface area contributed by atoms with Crippen molar-refractivity contribution in [2.45, 2.75) is 35.4 Å². The van der Waals surface area contributed by atoms with Gasteiger partial charge in [0.05, 0.1) is 17.9 Å². The Hall–Kier alpha value is -4.79. The molecule has 15 heteroatoms. The first-order valence-corrected chi connectivity index (χ1v) is 12.3. The van der Waals surface area contributed by atoms with Crippen molar-refractivity contribution in [3.8, 4) is 11.3 Å². The van der Waals surface area contributed by atoms with Crippen LogP contribution in [0.5, 0.6) is 0 Å². The maximum absolute atomic E-state index is 10.6. The average molecular weight is 574 g/mol. The molecule has 0 saturated carbocycles. The smallest absolute Gasteiger partial charge is 0.475 e. The largest absolute Gasteiger partial charge is 0.490 e. The van der Waals surface area contributed by atoms with E-state index in [4.69, 9.17) is 20.0 Å². The minimum atomic E-state index is -5.08. The highest BCUT2D eigenvalue weighted by atomic mass is 32.2. The number of alkyl halides is 3. The van der Waals surface area contributed by atoms with Gasteiger partial charge in [-0.3, -0.25) is 9.67 Å². The zero-order valence-corrected chi connectivity index (χ0v) is 21.5. The number of nitrogens with zero attached hydrogens (tertiary/aromatic N) is 6. The van der Waals surface area contributed by atoms with E-state index >= 15 is 0 Å². The van der Waals surface area contributed by atoms with Crippen molar-refractivity contribution in [2.24, 2.45) is 5.34 Å². The molecule has 11 nitrogen and oxygen atoms in total. The summed E-state index contributed by atoms with van der Waals surface area (Å²) in [4.78, 5) is 35.7. The number of aromatic nitrogens is 6. The second-order valence-electron chi connectivity index (χ2n) is 7.85. The first-order chi connectivity index (χ1) is 19.2. The summed E-state index contributed by atoms with van der Waals surface area (Å²) in [6.07, 6.45) is 7.05. The Kier molecular flexibility index (Phi) is 10.3. The van der Waals surface area contributed by atoms with Crippen molar-refractivity contribution in [3.05, 3.63) is 90.2 Å². The molecule has 1 aromatic carbocycles. The Bertz CT molecular complexity index is 1540. The molecule has 3 N–H and O–H groups in total. The number of carboxylic acids is 1. The number of hydrogen-bond acceptors (Lipinski definition) is 8. The van der Waals surface area contributed by atoms with Gasteiger partial charge in [-0.2, -0.15) is 18.3 Å².